The summed E-state index contributed by atoms with van der Waals surface area (Å²) in [4.78, 5) is 22.0. The van der Waals surface area contributed by atoms with Crippen molar-refractivity contribution in [2.75, 3.05) is 0 Å². The normalized spacial score (nSPS) is 14.2. The van der Waals surface area contributed by atoms with Crippen LogP contribution in [0.5, 0.6) is 0 Å². The Morgan fingerprint density at radius 1 is 1.43 bits per heavy atom. The van der Waals surface area contributed by atoms with Crippen LogP contribution in [0.1, 0.15) is 35.0 Å². The van der Waals surface area contributed by atoms with Crippen LogP contribution < -0.4 is 5.56 Å². The minimum atomic E-state index is -0.244. The lowest BCUT2D eigenvalue weighted by atomic mass is 10.1. The number of hydrogen-bond acceptors (Lipinski definition) is 3. The summed E-state index contributed by atoms with van der Waals surface area (Å²) in [5, 5.41) is 0.468. The number of fused-ring (bicyclic) bond motifs is 5. The summed E-state index contributed by atoms with van der Waals surface area (Å²) in [5.74, 6) is 0.574. The zero-order chi connectivity index (χ0) is 14.6. The van der Waals surface area contributed by atoms with Gasteiger partial charge in [0.15, 0.2) is 0 Å². The second-order valence-electron chi connectivity index (χ2n) is 5.24. The predicted octanol–water partition coefficient (Wildman–Crippen LogP) is 4.25. The Labute approximate surface area is 130 Å². The van der Waals surface area contributed by atoms with E-state index in [-0.39, 0.29) is 10.9 Å². The Morgan fingerprint density at radius 2 is 2.24 bits per heavy atom. The van der Waals surface area contributed by atoms with E-state index in [1.165, 1.54) is 10.4 Å². The van der Waals surface area contributed by atoms with Gasteiger partial charge in [0.1, 0.15) is 10.7 Å². The van der Waals surface area contributed by atoms with E-state index in [4.69, 9.17) is 11.6 Å². The predicted molar refractivity (Wildman–Crippen MR) is 87.4 cm³/mol. The highest BCUT2D eigenvalue weighted by Crippen LogP contribution is 2.44. The van der Waals surface area contributed by atoms with Gasteiger partial charge >= 0.3 is 0 Å². The largest absolute Gasteiger partial charge is 0.309 e. The van der Waals surface area contributed by atoms with Gasteiger partial charge in [-0.1, -0.05) is 31.2 Å². The van der Waals surface area contributed by atoms with E-state index in [1.54, 1.807) is 11.3 Å². The van der Waals surface area contributed by atoms with Crippen molar-refractivity contribution in [1.82, 2.24) is 9.97 Å². The Bertz CT molecular complexity index is 912. The van der Waals surface area contributed by atoms with Gasteiger partial charge in [0.05, 0.1) is 10.8 Å². The second kappa shape index (κ2) is 4.68. The van der Waals surface area contributed by atoms with E-state index >= 15 is 0 Å². The van der Waals surface area contributed by atoms with Crippen molar-refractivity contribution >= 4 is 33.2 Å². The molecule has 1 unspecified atom stereocenters. The lowest BCUT2D eigenvalue weighted by Crippen LogP contribution is -2.12. The lowest BCUT2D eigenvalue weighted by Gasteiger charge is -2.05. The van der Waals surface area contributed by atoms with Gasteiger partial charge in [-0.05, 0) is 17.5 Å². The molecule has 106 valence electrons. The first kappa shape index (κ1) is 13.0. The van der Waals surface area contributed by atoms with Gasteiger partial charge in [0.2, 0.25) is 0 Å². The van der Waals surface area contributed by atoms with E-state index in [9.17, 15) is 4.79 Å². The third-order valence-corrected chi connectivity index (χ3v) is 5.55. The topological polar surface area (TPSA) is 45.8 Å². The molecule has 1 atom stereocenters. The molecule has 3 nitrogen and oxygen atoms in total. The number of halogens is 1. The molecule has 1 aliphatic carbocycles. The van der Waals surface area contributed by atoms with Crippen molar-refractivity contribution in [2.24, 2.45) is 0 Å². The molecule has 1 aromatic carbocycles. The van der Waals surface area contributed by atoms with Gasteiger partial charge in [0, 0.05) is 16.9 Å². The van der Waals surface area contributed by atoms with E-state index < -0.39 is 0 Å². The Kier molecular flexibility index (Phi) is 2.91. The average molecular weight is 317 g/mol. The van der Waals surface area contributed by atoms with Crippen LogP contribution in [0.15, 0.2) is 29.1 Å². The standard InChI is InChI=1S/C16H13ClN2OS/c1-2-10(17)14-18-15(20)13-12-9-6-4-3-5-8(9)7-11(12)21-16(13)19-14/h3-6,10H,2,7H2,1H3,(H,18,19,20). The van der Waals surface area contributed by atoms with Gasteiger partial charge in [-0.2, -0.15) is 0 Å². The maximum absolute atomic E-state index is 12.5. The number of aromatic amines is 1. The first-order valence-electron chi connectivity index (χ1n) is 6.97. The van der Waals surface area contributed by atoms with Gasteiger partial charge in [-0.3, -0.25) is 4.79 Å². The van der Waals surface area contributed by atoms with Crippen molar-refractivity contribution in [3.05, 3.63) is 50.9 Å². The number of nitrogens with one attached hydrogen (secondary N) is 1. The number of rotatable bonds is 2. The average Bonchev–Trinajstić information content (AvgIpc) is 3.01. The molecule has 4 rings (SSSR count). The molecule has 0 amide bonds. The maximum atomic E-state index is 12.5. The fourth-order valence-corrected chi connectivity index (χ4v) is 4.23. The fourth-order valence-electron chi connectivity index (χ4n) is 2.91. The molecule has 3 aromatic rings. The van der Waals surface area contributed by atoms with Crippen LogP contribution in [0, 0.1) is 0 Å². The highest BCUT2D eigenvalue weighted by molar-refractivity contribution is 7.19. The molecule has 1 aliphatic rings. The summed E-state index contributed by atoms with van der Waals surface area (Å²) >= 11 is 7.82. The fraction of sp³-hybridized carbons (Fsp3) is 0.250. The van der Waals surface area contributed by atoms with Gasteiger partial charge < -0.3 is 4.98 Å². The Balaban J connectivity index is 2.01. The first-order valence-corrected chi connectivity index (χ1v) is 8.22. The molecule has 0 bridgehead atoms. The maximum Gasteiger partial charge on any atom is 0.260 e. The molecule has 21 heavy (non-hydrogen) atoms. The van der Waals surface area contributed by atoms with E-state index in [1.807, 2.05) is 19.1 Å². The molecular weight excluding hydrogens is 304 g/mol. The van der Waals surface area contributed by atoms with Crippen LogP contribution >= 0.6 is 22.9 Å². The Hall–Kier alpha value is -1.65. The molecule has 0 radical (unpaired) electrons. The molecule has 2 heterocycles. The molecule has 0 aliphatic heterocycles. The van der Waals surface area contributed by atoms with E-state index in [0.717, 1.165) is 28.8 Å². The highest BCUT2D eigenvalue weighted by atomic mass is 35.5. The molecule has 0 fully saturated rings. The quantitative estimate of drug-likeness (QED) is 0.562. The van der Waals surface area contributed by atoms with Crippen molar-refractivity contribution in [3.8, 4) is 11.1 Å². The van der Waals surface area contributed by atoms with Crippen molar-refractivity contribution in [3.63, 3.8) is 0 Å². The third-order valence-electron chi connectivity index (χ3n) is 3.95. The highest BCUT2D eigenvalue weighted by Gasteiger charge is 2.26. The number of nitrogens with zero attached hydrogens (tertiary/aromatic N) is 1. The van der Waals surface area contributed by atoms with Crippen LogP contribution in [-0.2, 0) is 6.42 Å². The smallest absolute Gasteiger partial charge is 0.260 e. The monoisotopic (exact) mass is 316 g/mol. The molecule has 5 heteroatoms. The van der Waals surface area contributed by atoms with Gasteiger partial charge in [0.25, 0.3) is 5.56 Å². The number of aromatic nitrogens is 2. The SMILES string of the molecule is CCC(Cl)c1nc2sc3c(c2c(=O)[nH]1)-c1ccccc1C3. The summed E-state index contributed by atoms with van der Waals surface area (Å²) in [6.07, 6.45) is 1.63. The van der Waals surface area contributed by atoms with E-state index in [2.05, 4.69) is 22.1 Å². The third kappa shape index (κ3) is 1.86. The summed E-state index contributed by atoms with van der Waals surface area (Å²) < 4.78 is 0. The summed E-state index contributed by atoms with van der Waals surface area (Å²) in [6, 6.07) is 8.25. The minimum absolute atomic E-state index is 0.0803. The molecule has 0 saturated heterocycles. The van der Waals surface area contributed by atoms with Crippen LogP contribution in [-0.4, -0.2) is 9.97 Å². The van der Waals surface area contributed by atoms with E-state index in [0.29, 0.717) is 11.2 Å². The van der Waals surface area contributed by atoms with Gasteiger partial charge in [-0.15, -0.1) is 22.9 Å². The number of H-pyrrole nitrogens is 1. The molecule has 1 N–H and O–H groups in total. The summed E-state index contributed by atoms with van der Waals surface area (Å²) in [7, 11) is 0. The minimum Gasteiger partial charge on any atom is -0.309 e. The second-order valence-corrected chi connectivity index (χ2v) is 6.85. The molecule has 2 aromatic heterocycles. The first-order chi connectivity index (χ1) is 10.2. The summed E-state index contributed by atoms with van der Waals surface area (Å²) in [6.45, 7) is 1.98. The Morgan fingerprint density at radius 3 is 3.05 bits per heavy atom. The number of thiophene rings is 1. The van der Waals surface area contributed by atoms with Crippen molar-refractivity contribution < 1.29 is 0 Å². The van der Waals surface area contributed by atoms with Gasteiger partial charge in [-0.25, -0.2) is 4.98 Å². The molecule has 0 spiro atoms. The number of hydrogen-bond donors (Lipinski definition) is 1. The van der Waals surface area contributed by atoms with Crippen LogP contribution in [0.4, 0.5) is 0 Å². The molecule has 0 saturated carbocycles. The zero-order valence-electron chi connectivity index (χ0n) is 11.4. The lowest BCUT2D eigenvalue weighted by molar-refractivity contribution is 0.807. The van der Waals surface area contributed by atoms with Crippen molar-refractivity contribution in [2.45, 2.75) is 25.1 Å². The number of alkyl halides is 1. The van der Waals surface area contributed by atoms with Crippen LogP contribution in [0.2, 0.25) is 0 Å². The summed E-state index contributed by atoms with van der Waals surface area (Å²) in [5.41, 5.74) is 3.43. The number of benzene rings is 1. The zero-order valence-corrected chi connectivity index (χ0v) is 13.0. The van der Waals surface area contributed by atoms with Crippen LogP contribution in [0.25, 0.3) is 21.3 Å². The molecular formula is C16H13ClN2OS. The van der Waals surface area contributed by atoms with Crippen molar-refractivity contribution in [1.29, 1.82) is 0 Å². The van der Waals surface area contributed by atoms with Crippen LogP contribution in [0.3, 0.4) is 0 Å².